The van der Waals surface area contributed by atoms with Gasteiger partial charge in [0.15, 0.2) is 5.11 Å². The van der Waals surface area contributed by atoms with E-state index in [9.17, 15) is 23.3 Å². The number of para-hydroxylation sites is 2. The molecule has 0 unspecified atom stereocenters. The summed E-state index contributed by atoms with van der Waals surface area (Å²) < 4.78 is 24.9. The highest BCUT2D eigenvalue weighted by molar-refractivity contribution is 7.88. The molecule has 0 radical (unpaired) electrons. The molecule has 164 valence electrons. The topological polar surface area (TPSA) is 125 Å². The van der Waals surface area contributed by atoms with Crippen molar-refractivity contribution >= 4 is 50.3 Å². The third-order valence-corrected chi connectivity index (χ3v) is 6.25. The van der Waals surface area contributed by atoms with Crippen LogP contribution in [0.1, 0.15) is 10.4 Å². The highest BCUT2D eigenvalue weighted by atomic mass is 32.2. The summed E-state index contributed by atoms with van der Waals surface area (Å²) in [5, 5.41) is 16.4. The van der Waals surface area contributed by atoms with Crippen LogP contribution >= 0.6 is 12.2 Å². The first-order valence-corrected chi connectivity index (χ1v) is 11.6. The molecule has 0 saturated carbocycles. The lowest BCUT2D eigenvalue weighted by atomic mass is 10.2. The second kappa shape index (κ2) is 9.37. The van der Waals surface area contributed by atoms with Crippen molar-refractivity contribution in [1.29, 1.82) is 0 Å². The van der Waals surface area contributed by atoms with Crippen molar-refractivity contribution in [3.05, 3.63) is 64.2 Å². The zero-order valence-corrected chi connectivity index (χ0v) is 18.3. The molecule has 31 heavy (non-hydrogen) atoms. The average Bonchev–Trinajstić information content (AvgIpc) is 2.73. The molecule has 0 atom stereocenters. The quantitative estimate of drug-likeness (QED) is 0.391. The first-order chi connectivity index (χ1) is 14.6. The molecule has 0 bridgehead atoms. The Morgan fingerprint density at radius 3 is 2.42 bits per heavy atom. The van der Waals surface area contributed by atoms with E-state index in [-0.39, 0.29) is 16.4 Å². The minimum absolute atomic E-state index is 0.0405. The van der Waals surface area contributed by atoms with E-state index in [1.165, 1.54) is 34.8 Å². The average molecular weight is 464 g/mol. The fraction of sp³-hybridized carbons (Fsp3) is 0.263. The number of rotatable bonds is 5. The van der Waals surface area contributed by atoms with Crippen LogP contribution in [0.3, 0.4) is 0 Å². The van der Waals surface area contributed by atoms with Gasteiger partial charge in [-0.1, -0.05) is 18.2 Å². The fourth-order valence-electron chi connectivity index (χ4n) is 3.21. The summed E-state index contributed by atoms with van der Waals surface area (Å²) >= 11 is 5.24. The molecule has 10 nitrogen and oxygen atoms in total. The molecular weight excluding hydrogens is 442 g/mol. The van der Waals surface area contributed by atoms with E-state index >= 15 is 0 Å². The smallest absolute Gasteiger partial charge is 0.270 e. The van der Waals surface area contributed by atoms with Gasteiger partial charge in [-0.25, -0.2) is 8.42 Å². The Balaban J connectivity index is 1.67. The van der Waals surface area contributed by atoms with E-state index in [0.29, 0.717) is 31.9 Å². The van der Waals surface area contributed by atoms with Crippen molar-refractivity contribution in [2.75, 3.05) is 42.7 Å². The predicted octanol–water partition coefficient (Wildman–Crippen LogP) is 1.80. The number of benzene rings is 2. The number of amides is 1. The van der Waals surface area contributed by atoms with E-state index < -0.39 is 20.9 Å². The number of non-ortho nitro benzene ring substituents is 1. The number of hydrogen-bond donors (Lipinski definition) is 2. The number of carbonyl (C=O) groups excluding carboxylic acids is 1. The van der Waals surface area contributed by atoms with Gasteiger partial charge in [0.1, 0.15) is 0 Å². The highest BCUT2D eigenvalue weighted by Crippen LogP contribution is 2.27. The second-order valence-corrected chi connectivity index (χ2v) is 9.27. The van der Waals surface area contributed by atoms with E-state index in [4.69, 9.17) is 12.2 Å². The summed E-state index contributed by atoms with van der Waals surface area (Å²) in [5.41, 5.74) is 1.40. The third-order valence-electron chi connectivity index (χ3n) is 4.75. The Hall–Kier alpha value is -3.09. The van der Waals surface area contributed by atoms with Crippen LogP contribution in [-0.2, 0) is 10.0 Å². The van der Waals surface area contributed by atoms with Crippen LogP contribution in [0.4, 0.5) is 17.1 Å². The van der Waals surface area contributed by atoms with E-state index in [0.717, 1.165) is 5.69 Å². The van der Waals surface area contributed by atoms with Gasteiger partial charge < -0.3 is 10.2 Å². The molecule has 12 heteroatoms. The van der Waals surface area contributed by atoms with Gasteiger partial charge in [0.05, 0.1) is 22.6 Å². The van der Waals surface area contributed by atoms with Gasteiger partial charge in [-0.05, 0) is 30.4 Å². The highest BCUT2D eigenvalue weighted by Gasteiger charge is 2.24. The number of nitrogens with zero attached hydrogens (tertiary/aromatic N) is 3. The first-order valence-electron chi connectivity index (χ1n) is 9.31. The molecule has 1 aliphatic rings. The van der Waals surface area contributed by atoms with Crippen LogP contribution in [0.15, 0.2) is 48.5 Å². The van der Waals surface area contributed by atoms with E-state index in [1.807, 2.05) is 23.1 Å². The number of piperazine rings is 1. The van der Waals surface area contributed by atoms with Crippen molar-refractivity contribution in [3.8, 4) is 0 Å². The van der Waals surface area contributed by atoms with Gasteiger partial charge in [-0.3, -0.25) is 20.2 Å². The van der Waals surface area contributed by atoms with E-state index in [2.05, 4.69) is 10.6 Å². The number of hydrogen-bond acceptors (Lipinski definition) is 7. The lowest BCUT2D eigenvalue weighted by Crippen LogP contribution is -2.48. The van der Waals surface area contributed by atoms with E-state index in [1.54, 1.807) is 6.07 Å². The number of nitro groups is 1. The number of nitrogens with one attached hydrogen (secondary N) is 2. The van der Waals surface area contributed by atoms with Crippen molar-refractivity contribution < 1.29 is 18.1 Å². The van der Waals surface area contributed by atoms with Gasteiger partial charge in [-0.2, -0.15) is 4.31 Å². The van der Waals surface area contributed by atoms with Crippen LogP contribution in [-0.4, -0.2) is 61.1 Å². The van der Waals surface area contributed by atoms with Gasteiger partial charge in [-0.15, -0.1) is 0 Å². The zero-order valence-electron chi connectivity index (χ0n) is 16.6. The summed E-state index contributed by atoms with van der Waals surface area (Å²) in [6.07, 6.45) is 1.20. The van der Waals surface area contributed by atoms with Gasteiger partial charge in [0, 0.05) is 43.9 Å². The third kappa shape index (κ3) is 5.75. The van der Waals surface area contributed by atoms with Crippen LogP contribution in [0.5, 0.6) is 0 Å². The van der Waals surface area contributed by atoms with Crippen LogP contribution in [0.25, 0.3) is 0 Å². The molecular formula is C19H21N5O5S2. The molecule has 2 aromatic rings. The standard InChI is InChI=1S/C19H21N5O5S2/c1-31(28,29)23-11-9-22(10-12-23)17-8-3-2-7-16(17)20-19(30)21-18(25)14-5-4-6-15(13-14)24(26)27/h2-8,13H,9-12H2,1H3,(H2,20,21,25,30). The molecule has 1 amide bonds. The molecule has 2 N–H and O–H groups in total. The van der Waals surface area contributed by atoms with Crippen molar-refractivity contribution in [1.82, 2.24) is 9.62 Å². The number of nitro benzene ring substituents is 1. The van der Waals surface area contributed by atoms with Crippen LogP contribution in [0, 0.1) is 10.1 Å². The molecule has 1 heterocycles. The minimum Gasteiger partial charge on any atom is -0.367 e. The van der Waals surface area contributed by atoms with Crippen LogP contribution < -0.4 is 15.5 Å². The molecule has 0 aromatic heterocycles. The van der Waals surface area contributed by atoms with Gasteiger partial charge >= 0.3 is 0 Å². The molecule has 2 aromatic carbocycles. The number of thiocarbonyl (C=S) groups is 1. The van der Waals surface area contributed by atoms with Crippen LogP contribution in [0.2, 0.25) is 0 Å². The maximum absolute atomic E-state index is 12.4. The fourth-order valence-corrected chi connectivity index (χ4v) is 4.23. The largest absolute Gasteiger partial charge is 0.367 e. The normalized spacial score (nSPS) is 14.7. The zero-order chi connectivity index (χ0) is 22.6. The Bertz CT molecular complexity index is 1110. The summed E-state index contributed by atoms with van der Waals surface area (Å²) in [6.45, 7) is 1.78. The lowest BCUT2D eigenvalue weighted by molar-refractivity contribution is -0.384. The number of carbonyl (C=O) groups is 1. The number of anilines is 2. The predicted molar refractivity (Wildman–Crippen MR) is 122 cm³/mol. The van der Waals surface area contributed by atoms with Gasteiger partial charge in [0.2, 0.25) is 10.0 Å². The SMILES string of the molecule is CS(=O)(=O)N1CCN(c2ccccc2NC(=S)NC(=O)c2cccc([N+](=O)[O-])c2)CC1. The van der Waals surface area contributed by atoms with Gasteiger partial charge in [0.25, 0.3) is 11.6 Å². The summed E-state index contributed by atoms with van der Waals surface area (Å²) in [4.78, 5) is 24.8. The Labute approximate surface area is 185 Å². The summed E-state index contributed by atoms with van der Waals surface area (Å²) in [7, 11) is -3.23. The first kappa shape index (κ1) is 22.6. The second-order valence-electron chi connectivity index (χ2n) is 6.88. The Morgan fingerprint density at radius 1 is 1.10 bits per heavy atom. The Kier molecular flexibility index (Phi) is 6.83. The lowest BCUT2D eigenvalue weighted by Gasteiger charge is -2.35. The van der Waals surface area contributed by atoms with Crippen molar-refractivity contribution in [2.24, 2.45) is 0 Å². The molecule has 0 spiro atoms. The minimum atomic E-state index is -3.23. The van der Waals surface area contributed by atoms with Crippen molar-refractivity contribution in [2.45, 2.75) is 0 Å². The molecule has 1 aliphatic heterocycles. The maximum Gasteiger partial charge on any atom is 0.270 e. The summed E-state index contributed by atoms with van der Waals surface area (Å²) in [5.74, 6) is -0.569. The molecule has 0 aliphatic carbocycles. The maximum atomic E-state index is 12.4. The molecule has 1 saturated heterocycles. The Morgan fingerprint density at radius 2 is 1.77 bits per heavy atom. The molecule has 1 fully saturated rings. The monoisotopic (exact) mass is 463 g/mol. The summed E-state index contributed by atoms with van der Waals surface area (Å²) in [6, 6.07) is 12.7. The van der Waals surface area contributed by atoms with Crippen molar-refractivity contribution in [3.63, 3.8) is 0 Å². The number of sulfonamides is 1. The molecule has 3 rings (SSSR count).